The quantitative estimate of drug-likeness (QED) is 0.711. The molecular formula is C13H13Br2NO2S2. The van der Waals surface area contributed by atoms with Crippen LogP contribution in [0.15, 0.2) is 38.3 Å². The standard InChI is InChI=1S/C13H13Br2NO2S2/c1-9-5-12(19-13(9)15)20(17,18)16-8-11-4-2-3-10(6-11)7-14/h2-6,16H,7-8H2,1H3. The molecule has 0 spiro atoms. The van der Waals surface area contributed by atoms with Crippen molar-refractivity contribution in [3.63, 3.8) is 0 Å². The molecule has 0 saturated heterocycles. The van der Waals surface area contributed by atoms with E-state index in [0.717, 1.165) is 25.8 Å². The molecule has 20 heavy (non-hydrogen) atoms. The lowest BCUT2D eigenvalue weighted by atomic mass is 10.1. The van der Waals surface area contributed by atoms with Crippen molar-refractivity contribution in [2.45, 2.75) is 23.0 Å². The maximum absolute atomic E-state index is 12.2. The zero-order chi connectivity index (χ0) is 14.8. The zero-order valence-corrected chi connectivity index (χ0v) is 15.5. The number of hydrogen-bond donors (Lipinski definition) is 1. The van der Waals surface area contributed by atoms with Crippen LogP contribution in [0.5, 0.6) is 0 Å². The summed E-state index contributed by atoms with van der Waals surface area (Å²) < 4.78 is 28.2. The van der Waals surface area contributed by atoms with Gasteiger partial charge in [0, 0.05) is 11.9 Å². The van der Waals surface area contributed by atoms with Gasteiger partial charge in [-0.3, -0.25) is 0 Å². The van der Waals surface area contributed by atoms with E-state index in [-0.39, 0.29) is 6.54 Å². The average molecular weight is 439 g/mol. The van der Waals surface area contributed by atoms with E-state index in [1.54, 1.807) is 6.07 Å². The van der Waals surface area contributed by atoms with Crippen LogP contribution in [0.3, 0.4) is 0 Å². The Labute approximate surface area is 139 Å². The van der Waals surface area contributed by atoms with Crippen LogP contribution in [0.25, 0.3) is 0 Å². The zero-order valence-electron chi connectivity index (χ0n) is 10.7. The highest BCUT2D eigenvalue weighted by Gasteiger charge is 2.17. The van der Waals surface area contributed by atoms with E-state index in [4.69, 9.17) is 0 Å². The Kier molecular flexibility index (Phi) is 5.42. The minimum absolute atomic E-state index is 0.289. The molecule has 0 amide bonds. The van der Waals surface area contributed by atoms with E-state index < -0.39 is 10.0 Å². The van der Waals surface area contributed by atoms with Crippen molar-refractivity contribution >= 4 is 53.2 Å². The first kappa shape index (κ1) is 16.2. The lowest BCUT2D eigenvalue weighted by Crippen LogP contribution is -2.22. The molecule has 1 aromatic heterocycles. The van der Waals surface area contributed by atoms with Crippen LogP contribution in [0.4, 0.5) is 0 Å². The van der Waals surface area contributed by atoms with Crippen molar-refractivity contribution in [3.05, 3.63) is 50.8 Å². The van der Waals surface area contributed by atoms with Gasteiger partial charge in [-0.05, 0) is 45.6 Å². The van der Waals surface area contributed by atoms with Crippen LogP contribution in [0.1, 0.15) is 16.7 Å². The SMILES string of the molecule is Cc1cc(S(=O)(=O)NCc2cccc(CBr)c2)sc1Br. The third-order valence-corrected chi connectivity index (χ3v) is 7.37. The van der Waals surface area contributed by atoms with E-state index >= 15 is 0 Å². The molecule has 0 aliphatic carbocycles. The van der Waals surface area contributed by atoms with Gasteiger partial charge in [-0.15, -0.1) is 11.3 Å². The highest BCUT2D eigenvalue weighted by atomic mass is 79.9. The predicted octanol–water partition coefficient (Wildman–Crippen LogP) is 4.19. The fraction of sp³-hybridized carbons (Fsp3) is 0.231. The fourth-order valence-corrected chi connectivity index (χ4v) is 5.27. The van der Waals surface area contributed by atoms with Crippen LogP contribution >= 0.6 is 43.2 Å². The Balaban J connectivity index is 2.12. The molecule has 1 N–H and O–H groups in total. The van der Waals surface area contributed by atoms with E-state index in [2.05, 4.69) is 36.6 Å². The molecule has 1 aromatic carbocycles. The van der Waals surface area contributed by atoms with Gasteiger partial charge in [-0.1, -0.05) is 40.2 Å². The van der Waals surface area contributed by atoms with Crippen LogP contribution < -0.4 is 4.72 Å². The molecule has 3 nitrogen and oxygen atoms in total. The van der Waals surface area contributed by atoms with Crippen molar-refractivity contribution in [1.29, 1.82) is 0 Å². The molecule has 2 aromatic rings. The Hall–Kier alpha value is -0.210. The third kappa shape index (κ3) is 3.92. The molecule has 108 valence electrons. The number of halogens is 2. The second-order valence-electron chi connectivity index (χ2n) is 4.30. The maximum atomic E-state index is 12.2. The molecule has 0 radical (unpaired) electrons. The number of thiophene rings is 1. The lowest BCUT2D eigenvalue weighted by molar-refractivity contribution is 0.583. The van der Waals surface area contributed by atoms with Gasteiger partial charge >= 0.3 is 0 Å². The van der Waals surface area contributed by atoms with Crippen LogP contribution in [0, 0.1) is 6.92 Å². The molecule has 0 aliphatic heterocycles. The second kappa shape index (κ2) is 6.70. The Morgan fingerprint density at radius 2 is 1.95 bits per heavy atom. The van der Waals surface area contributed by atoms with Crippen LogP contribution in [-0.4, -0.2) is 8.42 Å². The minimum Gasteiger partial charge on any atom is -0.206 e. The Morgan fingerprint density at radius 1 is 1.25 bits per heavy atom. The molecule has 1 heterocycles. The summed E-state index contributed by atoms with van der Waals surface area (Å²) in [5.74, 6) is 0. The molecule has 2 rings (SSSR count). The first-order valence-electron chi connectivity index (χ1n) is 5.82. The van der Waals surface area contributed by atoms with Gasteiger partial charge in [0.1, 0.15) is 4.21 Å². The average Bonchev–Trinajstić information content (AvgIpc) is 2.78. The molecule has 0 unspecified atom stereocenters. The summed E-state index contributed by atoms with van der Waals surface area (Å²) in [7, 11) is -3.45. The number of rotatable bonds is 5. The third-order valence-electron chi connectivity index (χ3n) is 2.71. The summed E-state index contributed by atoms with van der Waals surface area (Å²) in [5, 5.41) is 0.755. The van der Waals surface area contributed by atoms with Gasteiger partial charge in [0.05, 0.1) is 3.79 Å². The minimum atomic E-state index is -3.45. The highest BCUT2D eigenvalue weighted by Crippen LogP contribution is 2.30. The molecule has 7 heteroatoms. The molecule has 0 aliphatic rings. The molecular weight excluding hydrogens is 426 g/mol. The van der Waals surface area contributed by atoms with Gasteiger partial charge in [0.25, 0.3) is 0 Å². The van der Waals surface area contributed by atoms with E-state index in [1.807, 2.05) is 31.2 Å². The number of aryl methyl sites for hydroxylation is 1. The largest absolute Gasteiger partial charge is 0.250 e. The second-order valence-corrected chi connectivity index (χ2v) is 9.22. The van der Waals surface area contributed by atoms with Crippen molar-refractivity contribution < 1.29 is 8.42 Å². The number of hydrogen-bond acceptors (Lipinski definition) is 3. The van der Waals surface area contributed by atoms with Gasteiger partial charge in [0.15, 0.2) is 0 Å². The summed E-state index contributed by atoms with van der Waals surface area (Å²) in [6.45, 7) is 2.16. The summed E-state index contributed by atoms with van der Waals surface area (Å²) in [5.41, 5.74) is 2.99. The summed E-state index contributed by atoms with van der Waals surface area (Å²) in [4.78, 5) is 0. The van der Waals surface area contributed by atoms with Crippen LogP contribution in [-0.2, 0) is 21.9 Å². The summed E-state index contributed by atoms with van der Waals surface area (Å²) in [6, 6.07) is 9.47. The smallest absolute Gasteiger partial charge is 0.206 e. The first-order valence-corrected chi connectivity index (χ1v) is 10.0. The lowest BCUT2D eigenvalue weighted by Gasteiger charge is -2.06. The maximum Gasteiger partial charge on any atom is 0.250 e. The number of nitrogens with one attached hydrogen (secondary N) is 1. The monoisotopic (exact) mass is 437 g/mol. The number of benzene rings is 1. The molecule has 0 atom stereocenters. The molecule has 0 saturated carbocycles. The van der Waals surface area contributed by atoms with Crippen molar-refractivity contribution in [2.24, 2.45) is 0 Å². The van der Waals surface area contributed by atoms with Crippen molar-refractivity contribution in [3.8, 4) is 0 Å². The molecule has 0 bridgehead atoms. The fourth-order valence-electron chi connectivity index (χ4n) is 1.64. The summed E-state index contributed by atoms with van der Waals surface area (Å²) >= 11 is 7.95. The van der Waals surface area contributed by atoms with Crippen molar-refractivity contribution in [2.75, 3.05) is 0 Å². The van der Waals surface area contributed by atoms with Crippen molar-refractivity contribution in [1.82, 2.24) is 4.72 Å². The first-order chi connectivity index (χ1) is 9.42. The van der Waals surface area contributed by atoms with Gasteiger partial charge in [-0.25, -0.2) is 13.1 Å². The Bertz CT molecular complexity index is 691. The van der Waals surface area contributed by atoms with E-state index in [9.17, 15) is 8.42 Å². The van der Waals surface area contributed by atoms with Gasteiger partial charge in [0.2, 0.25) is 10.0 Å². The predicted molar refractivity (Wildman–Crippen MR) is 89.9 cm³/mol. The van der Waals surface area contributed by atoms with Gasteiger partial charge in [-0.2, -0.15) is 0 Å². The normalized spacial score (nSPS) is 11.8. The van der Waals surface area contributed by atoms with E-state index in [0.29, 0.717) is 4.21 Å². The highest BCUT2D eigenvalue weighted by molar-refractivity contribution is 9.11. The Morgan fingerprint density at radius 3 is 2.55 bits per heavy atom. The van der Waals surface area contributed by atoms with Crippen LogP contribution in [0.2, 0.25) is 0 Å². The molecule has 0 fully saturated rings. The van der Waals surface area contributed by atoms with Gasteiger partial charge < -0.3 is 0 Å². The summed E-state index contributed by atoms with van der Waals surface area (Å²) in [6.07, 6.45) is 0. The number of alkyl halides is 1. The number of sulfonamides is 1. The topological polar surface area (TPSA) is 46.2 Å². The van der Waals surface area contributed by atoms with E-state index in [1.165, 1.54) is 11.3 Å².